The quantitative estimate of drug-likeness (QED) is 0.0950. The second-order valence-corrected chi connectivity index (χ2v) is 14.0. The van der Waals surface area contributed by atoms with Crippen molar-refractivity contribution in [3.05, 3.63) is 69.2 Å². The second-order valence-electron chi connectivity index (χ2n) is 9.41. The Hall–Kier alpha value is -4.58. The Balaban J connectivity index is 1.72. The van der Waals surface area contributed by atoms with Gasteiger partial charge in [-0.25, -0.2) is 0 Å². The SMILES string of the molecule is CCn1c(O)c(N=Nc2cc(Nc3nc(Cl)nc(Nc4ccc(S(=O)(=O)O)cc4)n3)ccc2S(=O)(=O)O)c(C)c(CS(=O)(=O)O)c1=O. The van der Waals surface area contributed by atoms with E-state index in [1.807, 2.05) is 0 Å². The Bertz CT molecular complexity index is 2300. The lowest BCUT2D eigenvalue weighted by atomic mass is 10.1. The molecule has 0 aliphatic heterocycles. The number of nitrogens with one attached hydrogen (secondary N) is 2. The topological polar surface area (TPSA) is 293 Å². The van der Waals surface area contributed by atoms with Gasteiger partial charge in [0, 0.05) is 23.5 Å². The molecule has 2 heterocycles. The third-order valence-corrected chi connectivity index (χ3v) is 8.78. The molecule has 0 fully saturated rings. The molecule has 0 radical (unpaired) electrons. The molecule has 0 bridgehead atoms. The van der Waals surface area contributed by atoms with Crippen LogP contribution < -0.4 is 16.2 Å². The van der Waals surface area contributed by atoms with Gasteiger partial charge in [-0.3, -0.25) is 23.0 Å². The van der Waals surface area contributed by atoms with E-state index in [2.05, 4.69) is 35.8 Å². The number of rotatable bonds is 11. The summed E-state index contributed by atoms with van der Waals surface area (Å²) in [7, 11) is -14.0. The summed E-state index contributed by atoms with van der Waals surface area (Å²) in [4.78, 5) is 23.6. The predicted molar refractivity (Wildman–Crippen MR) is 166 cm³/mol. The molecule has 23 heteroatoms. The number of benzene rings is 2. The van der Waals surface area contributed by atoms with Crippen LogP contribution in [0.15, 0.2) is 67.3 Å². The van der Waals surface area contributed by atoms with Crippen molar-refractivity contribution in [2.45, 2.75) is 35.9 Å². The van der Waals surface area contributed by atoms with Gasteiger partial charge in [0.15, 0.2) is 0 Å². The van der Waals surface area contributed by atoms with E-state index in [0.29, 0.717) is 5.69 Å². The van der Waals surface area contributed by atoms with Crippen LogP contribution in [0.4, 0.5) is 34.6 Å². The smallest absolute Gasteiger partial charge is 0.296 e. The summed E-state index contributed by atoms with van der Waals surface area (Å²) in [5, 5.41) is 23.5. The number of halogens is 1. The monoisotopic (exact) mass is 730 g/mol. The highest BCUT2D eigenvalue weighted by Gasteiger charge is 2.23. The highest BCUT2D eigenvalue weighted by atomic mass is 35.5. The Morgan fingerprint density at radius 2 is 1.43 bits per heavy atom. The Morgan fingerprint density at radius 1 is 0.851 bits per heavy atom. The average molecular weight is 731 g/mol. The van der Waals surface area contributed by atoms with Gasteiger partial charge in [0.05, 0.1) is 4.90 Å². The van der Waals surface area contributed by atoms with E-state index in [1.54, 1.807) is 0 Å². The molecule has 0 unspecified atom stereocenters. The number of hydrogen-bond donors (Lipinski definition) is 6. The minimum absolute atomic E-state index is 0.0728. The summed E-state index contributed by atoms with van der Waals surface area (Å²) in [6.45, 7) is 2.56. The van der Waals surface area contributed by atoms with E-state index >= 15 is 0 Å². The molecule has 0 saturated heterocycles. The van der Waals surface area contributed by atoms with E-state index in [0.717, 1.165) is 28.8 Å². The summed E-state index contributed by atoms with van der Waals surface area (Å²) >= 11 is 6.02. The highest BCUT2D eigenvalue weighted by Crippen LogP contribution is 2.35. The van der Waals surface area contributed by atoms with Gasteiger partial charge in [-0.2, -0.15) is 40.2 Å². The van der Waals surface area contributed by atoms with Crippen molar-refractivity contribution in [1.82, 2.24) is 19.5 Å². The van der Waals surface area contributed by atoms with E-state index in [9.17, 15) is 44.3 Å². The molecule has 2 aromatic carbocycles. The third kappa shape index (κ3) is 8.62. The maximum Gasteiger partial charge on any atom is 0.296 e. The van der Waals surface area contributed by atoms with Gasteiger partial charge in [0.1, 0.15) is 22.0 Å². The number of pyridine rings is 1. The molecule has 47 heavy (non-hydrogen) atoms. The molecule has 4 rings (SSSR count). The van der Waals surface area contributed by atoms with Gasteiger partial charge in [0.25, 0.3) is 35.9 Å². The van der Waals surface area contributed by atoms with Crippen molar-refractivity contribution >= 4 is 76.6 Å². The van der Waals surface area contributed by atoms with Crippen LogP contribution in [-0.4, -0.2) is 63.5 Å². The van der Waals surface area contributed by atoms with Gasteiger partial charge in [-0.05, 0) is 73.5 Å². The number of anilines is 4. The highest BCUT2D eigenvalue weighted by molar-refractivity contribution is 7.86. The summed E-state index contributed by atoms with van der Waals surface area (Å²) in [6.07, 6.45) is 0. The zero-order chi connectivity index (χ0) is 34.9. The van der Waals surface area contributed by atoms with Gasteiger partial charge in [-0.15, -0.1) is 10.2 Å². The first-order chi connectivity index (χ1) is 21.8. The van der Waals surface area contributed by atoms with Crippen LogP contribution in [0.3, 0.4) is 0 Å². The third-order valence-electron chi connectivity index (χ3n) is 6.19. The number of azo groups is 1. The van der Waals surface area contributed by atoms with Crippen molar-refractivity contribution in [3.8, 4) is 5.88 Å². The number of hydrogen-bond acceptors (Lipinski definition) is 15. The zero-order valence-corrected chi connectivity index (χ0v) is 27.1. The first kappa shape index (κ1) is 35.3. The summed E-state index contributed by atoms with van der Waals surface area (Å²) in [5.41, 5.74) is -2.04. The zero-order valence-electron chi connectivity index (χ0n) is 23.9. The average Bonchev–Trinajstić information content (AvgIpc) is 2.94. The summed E-state index contributed by atoms with van der Waals surface area (Å²) < 4.78 is 98.8. The predicted octanol–water partition coefficient (Wildman–Crippen LogP) is 3.50. The van der Waals surface area contributed by atoms with Crippen LogP contribution in [0, 0.1) is 6.92 Å². The Labute approximate surface area is 271 Å². The molecule has 0 spiro atoms. The van der Waals surface area contributed by atoms with Crippen molar-refractivity contribution < 1.29 is 44.0 Å². The van der Waals surface area contributed by atoms with Crippen molar-refractivity contribution in [2.24, 2.45) is 10.2 Å². The van der Waals surface area contributed by atoms with Crippen LogP contribution in [0.1, 0.15) is 18.1 Å². The van der Waals surface area contributed by atoms with Crippen molar-refractivity contribution in [1.29, 1.82) is 0 Å². The normalized spacial score (nSPS) is 12.4. The number of nitrogens with zero attached hydrogens (tertiary/aromatic N) is 6. The van der Waals surface area contributed by atoms with Crippen LogP contribution in [0.2, 0.25) is 5.28 Å². The minimum atomic E-state index is -4.90. The maximum absolute atomic E-state index is 12.7. The molecular formula is C24H23ClN8O11S3. The van der Waals surface area contributed by atoms with Crippen molar-refractivity contribution in [2.75, 3.05) is 10.6 Å². The molecule has 0 aliphatic rings. The fourth-order valence-corrected chi connectivity index (χ4v) is 6.00. The molecule has 4 aromatic rings. The van der Waals surface area contributed by atoms with Crippen molar-refractivity contribution in [3.63, 3.8) is 0 Å². The fourth-order valence-electron chi connectivity index (χ4n) is 4.05. The molecule has 250 valence electrons. The Morgan fingerprint density at radius 3 is 1.96 bits per heavy atom. The van der Waals surface area contributed by atoms with Crippen LogP contribution in [-0.2, 0) is 42.7 Å². The first-order valence-electron chi connectivity index (χ1n) is 12.7. The first-order valence-corrected chi connectivity index (χ1v) is 17.6. The number of aromatic nitrogens is 4. The molecule has 19 nitrogen and oxygen atoms in total. The second kappa shape index (κ2) is 13.3. The van der Waals surface area contributed by atoms with Gasteiger partial charge >= 0.3 is 0 Å². The van der Waals surface area contributed by atoms with Gasteiger partial charge in [0.2, 0.25) is 23.1 Å². The van der Waals surface area contributed by atoms with E-state index in [4.69, 9.17) is 16.2 Å². The van der Waals surface area contributed by atoms with Gasteiger partial charge in [-0.1, -0.05) is 0 Å². The molecule has 6 N–H and O–H groups in total. The minimum Gasteiger partial charge on any atom is -0.493 e. The summed E-state index contributed by atoms with van der Waals surface area (Å²) in [5.74, 6) is -2.12. The van der Waals surface area contributed by atoms with Gasteiger partial charge < -0.3 is 15.7 Å². The van der Waals surface area contributed by atoms with E-state index < -0.39 is 69.4 Å². The van der Waals surface area contributed by atoms with Crippen LogP contribution >= 0.6 is 11.6 Å². The number of aromatic hydroxyl groups is 1. The van der Waals surface area contributed by atoms with Crippen LogP contribution in [0.25, 0.3) is 0 Å². The molecule has 0 aliphatic carbocycles. The summed E-state index contributed by atoms with van der Waals surface area (Å²) in [6, 6.07) is 8.12. The molecule has 0 atom stereocenters. The largest absolute Gasteiger partial charge is 0.493 e. The molecular weight excluding hydrogens is 708 g/mol. The lowest BCUT2D eigenvalue weighted by molar-refractivity contribution is 0.411. The standard InChI is InChI=1S/C24H23ClN8O11S3/c1-3-33-20(34)16(11-45(36,37)38)12(2)19(21(33)35)32-31-17-10-14(6-9-18(17)47(42,43)44)27-24-29-22(25)28-23(30-24)26-13-4-7-15(8-5-13)46(39,40)41/h4-10,35H,3,11H2,1-2H3,(H,36,37,38)(H,39,40,41)(H,42,43,44)(H2,26,27,28,29,30). The lowest BCUT2D eigenvalue weighted by Gasteiger charge is -2.14. The van der Waals surface area contributed by atoms with E-state index in [-0.39, 0.29) is 39.9 Å². The Kier molecular flexibility index (Phi) is 9.96. The van der Waals surface area contributed by atoms with E-state index in [1.165, 1.54) is 32.0 Å². The fraction of sp³-hybridized carbons (Fsp3) is 0.167. The molecule has 0 amide bonds. The molecule has 2 aromatic heterocycles. The maximum atomic E-state index is 12.7. The molecule has 0 saturated carbocycles. The lowest BCUT2D eigenvalue weighted by Crippen LogP contribution is -2.26. The van der Waals surface area contributed by atoms with Crippen LogP contribution in [0.5, 0.6) is 5.88 Å².